The number of ether oxygens (including phenoxy) is 1. The van der Waals surface area contributed by atoms with Crippen molar-refractivity contribution in [3.05, 3.63) is 11.1 Å². The molecular formula is C9H12O2. The number of rotatable bonds is 1. The molecule has 11 heavy (non-hydrogen) atoms. The Morgan fingerprint density at radius 3 is 3.18 bits per heavy atom. The minimum atomic E-state index is 0.295. The fourth-order valence-electron chi connectivity index (χ4n) is 1.92. The Bertz CT molecular complexity index is 206. The third-order valence-electron chi connectivity index (χ3n) is 2.55. The molecule has 1 unspecified atom stereocenters. The Morgan fingerprint density at radius 1 is 1.45 bits per heavy atom. The summed E-state index contributed by atoms with van der Waals surface area (Å²) in [6.07, 6.45) is 5.93. The first-order valence-electron chi connectivity index (χ1n) is 4.20. The Morgan fingerprint density at radius 2 is 2.36 bits per heavy atom. The maximum atomic E-state index is 10.5. The molecule has 2 rings (SSSR count). The van der Waals surface area contributed by atoms with Crippen molar-refractivity contribution in [3.63, 3.8) is 0 Å². The van der Waals surface area contributed by atoms with Crippen molar-refractivity contribution < 1.29 is 9.53 Å². The summed E-state index contributed by atoms with van der Waals surface area (Å²) in [7, 11) is 0. The van der Waals surface area contributed by atoms with E-state index in [1.54, 1.807) is 0 Å². The van der Waals surface area contributed by atoms with Crippen molar-refractivity contribution in [1.82, 2.24) is 0 Å². The molecule has 2 heteroatoms. The van der Waals surface area contributed by atoms with Crippen LogP contribution in [0.25, 0.3) is 0 Å². The quantitative estimate of drug-likeness (QED) is 0.532. The molecule has 0 radical (unpaired) electrons. The van der Waals surface area contributed by atoms with E-state index in [-0.39, 0.29) is 0 Å². The lowest BCUT2D eigenvalue weighted by Crippen LogP contribution is -2.14. The molecule has 1 aliphatic carbocycles. The van der Waals surface area contributed by atoms with Crippen molar-refractivity contribution in [1.29, 1.82) is 0 Å². The zero-order chi connectivity index (χ0) is 7.68. The lowest BCUT2D eigenvalue weighted by Gasteiger charge is -2.19. The molecule has 1 fully saturated rings. The standard InChI is InChI=1S/C9H12O2/c10-5-7-6-11-9-4-2-1-3-8(7)9/h5,9H,1-4,6H2. The molecule has 0 amide bonds. The number of fused-ring (bicyclic) bond motifs is 1. The summed E-state index contributed by atoms with van der Waals surface area (Å²) in [4.78, 5) is 10.5. The van der Waals surface area contributed by atoms with E-state index >= 15 is 0 Å². The van der Waals surface area contributed by atoms with Crippen LogP contribution >= 0.6 is 0 Å². The van der Waals surface area contributed by atoms with E-state index in [0.717, 1.165) is 24.7 Å². The van der Waals surface area contributed by atoms with Crippen LogP contribution in [-0.4, -0.2) is 19.0 Å². The summed E-state index contributed by atoms with van der Waals surface area (Å²) in [6, 6.07) is 0. The van der Waals surface area contributed by atoms with E-state index in [0.29, 0.717) is 12.7 Å². The summed E-state index contributed by atoms with van der Waals surface area (Å²) >= 11 is 0. The maximum Gasteiger partial charge on any atom is 0.148 e. The second-order valence-electron chi connectivity index (χ2n) is 3.21. The SMILES string of the molecule is O=CC1=C2CCCCC2OC1. The van der Waals surface area contributed by atoms with Crippen LogP contribution in [0.2, 0.25) is 0 Å². The summed E-state index contributed by atoms with van der Waals surface area (Å²) < 4.78 is 5.46. The fourth-order valence-corrected chi connectivity index (χ4v) is 1.92. The van der Waals surface area contributed by atoms with Crippen LogP contribution in [-0.2, 0) is 9.53 Å². The highest BCUT2D eigenvalue weighted by atomic mass is 16.5. The van der Waals surface area contributed by atoms with Gasteiger partial charge >= 0.3 is 0 Å². The summed E-state index contributed by atoms with van der Waals surface area (Å²) in [5.74, 6) is 0. The van der Waals surface area contributed by atoms with Gasteiger partial charge in [-0.15, -0.1) is 0 Å². The molecule has 60 valence electrons. The number of hydrogen-bond acceptors (Lipinski definition) is 2. The molecule has 0 bridgehead atoms. The van der Waals surface area contributed by atoms with Crippen molar-refractivity contribution in [2.75, 3.05) is 6.61 Å². The first-order valence-corrected chi connectivity index (χ1v) is 4.20. The number of carbonyl (C=O) groups is 1. The van der Waals surface area contributed by atoms with Crippen LogP contribution in [0.5, 0.6) is 0 Å². The Balaban J connectivity index is 2.22. The van der Waals surface area contributed by atoms with Gasteiger partial charge in [0.15, 0.2) is 0 Å². The van der Waals surface area contributed by atoms with Crippen LogP contribution in [0.3, 0.4) is 0 Å². The molecule has 0 aromatic heterocycles. The molecule has 0 spiro atoms. The van der Waals surface area contributed by atoms with Gasteiger partial charge in [-0.25, -0.2) is 0 Å². The zero-order valence-corrected chi connectivity index (χ0v) is 6.51. The Hall–Kier alpha value is -0.630. The topological polar surface area (TPSA) is 26.3 Å². The largest absolute Gasteiger partial charge is 0.369 e. The van der Waals surface area contributed by atoms with E-state index in [1.807, 2.05) is 0 Å². The lowest BCUT2D eigenvalue weighted by atomic mass is 9.91. The van der Waals surface area contributed by atoms with Gasteiger partial charge in [-0.05, 0) is 24.8 Å². The van der Waals surface area contributed by atoms with Gasteiger partial charge < -0.3 is 4.74 Å². The van der Waals surface area contributed by atoms with Gasteiger partial charge in [-0.2, -0.15) is 0 Å². The minimum absolute atomic E-state index is 0.295. The number of carbonyl (C=O) groups excluding carboxylic acids is 1. The van der Waals surface area contributed by atoms with Gasteiger partial charge in [0, 0.05) is 5.57 Å². The minimum Gasteiger partial charge on any atom is -0.369 e. The van der Waals surface area contributed by atoms with Crippen molar-refractivity contribution in [3.8, 4) is 0 Å². The second kappa shape index (κ2) is 2.78. The summed E-state index contributed by atoms with van der Waals surface area (Å²) in [5, 5.41) is 0. The molecule has 0 aromatic rings. The third kappa shape index (κ3) is 1.11. The number of hydrogen-bond donors (Lipinski definition) is 0. The highest BCUT2D eigenvalue weighted by molar-refractivity contribution is 5.76. The van der Waals surface area contributed by atoms with E-state index in [4.69, 9.17) is 4.74 Å². The van der Waals surface area contributed by atoms with Crippen LogP contribution in [0.15, 0.2) is 11.1 Å². The van der Waals surface area contributed by atoms with Gasteiger partial charge in [0.1, 0.15) is 6.29 Å². The van der Waals surface area contributed by atoms with E-state index in [2.05, 4.69) is 0 Å². The predicted octanol–water partition coefficient (Wildman–Crippen LogP) is 1.45. The predicted molar refractivity (Wildman–Crippen MR) is 41.3 cm³/mol. The maximum absolute atomic E-state index is 10.5. The Kier molecular flexibility index (Phi) is 1.78. The molecule has 0 saturated heterocycles. The van der Waals surface area contributed by atoms with Crippen molar-refractivity contribution in [2.24, 2.45) is 0 Å². The third-order valence-corrected chi connectivity index (χ3v) is 2.55. The van der Waals surface area contributed by atoms with Crippen LogP contribution < -0.4 is 0 Å². The van der Waals surface area contributed by atoms with E-state index < -0.39 is 0 Å². The van der Waals surface area contributed by atoms with Gasteiger partial charge in [0.05, 0.1) is 12.7 Å². The fraction of sp³-hybridized carbons (Fsp3) is 0.667. The zero-order valence-electron chi connectivity index (χ0n) is 6.51. The van der Waals surface area contributed by atoms with Crippen LogP contribution in [0.4, 0.5) is 0 Å². The molecule has 1 aliphatic heterocycles. The lowest BCUT2D eigenvalue weighted by molar-refractivity contribution is -0.105. The normalized spacial score (nSPS) is 30.4. The van der Waals surface area contributed by atoms with Gasteiger partial charge in [0.2, 0.25) is 0 Å². The molecule has 2 nitrogen and oxygen atoms in total. The van der Waals surface area contributed by atoms with Gasteiger partial charge in [0.25, 0.3) is 0 Å². The average Bonchev–Trinajstić information content (AvgIpc) is 2.47. The second-order valence-corrected chi connectivity index (χ2v) is 3.21. The highest BCUT2D eigenvalue weighted by Gasteiger charge is 2.27. The smallest absolute Gasteiger partial charge is 0.148 e. The van der Waals surface area contributed by atoms with E-state index in [9.17, 15) is 4.79 Å². The van der Waals surface area contributed by atoms with Crippen LogP contribution in [0.1, 0.15) is 25.7 Å². The Labute approximate surface area is 66.2 Å². The van der Waals surface area contributed by atoms with Crippen molar-refractivity contribution in [2.45, 2.75) is 31.8 Å². The molecule has 1 atom stereocenters. The van der Waals surface area contributed by atoms with Gasteiger partial charge in [-0.3, -0.25) is 4.79 Å². The van der Waals surface area contributed by atoms with Crippen LogP contribution in [0, 0.1) is 0 Å². The molecule has 0 aromatic carbocycles. The highest BCUT2D eigenvalue weighted by Crippen LogP contribution is 2.32. The molecule has 1 heterocycles. The molecular weight excluding hydrogens is 140 g/mol. The van der Waals surface area contributed by atoms with Gasteiger partial charge in [-0.1, -0.05) is 6.42 Å². The molecule has 2 aliphatic rings. The molecule has 0 N–H and O–H groups in total. The summed E-state index contributed by atoms with van der Waals surface area (Å²) in [6.45, 7) is 0.559. The van der Waals surface area contributed by atoms with Crippen molar-refractivity contribution >= 4 is 6.29 Å². The van der Waals surface area contributed by atoms with E-state index in [1.165, 1.54) is 18.4 Å². The molecule has 1 saturated carbocycles. The number of aldehydes is 1. The average molecular weight is 152 g/mol. The monoisotopic (exact) mass is 152 g/mol. The summed E-state index contributed by atoms with van der Waals surface area (Å²) in [5.41, 5.74) is 2.20. The first-order chi connectivity index (χ1) is 5.42. The first kappa shape index (κ1) is 7.04.